The van der Waals surface area contributed by atoms with Crippen molar-refractivity contribution in [3.8, 4) is 0 Å². The second kappa shape index (κ2) is 11.1. The predicted molar refractivity (Wildman–Crippen MR) is 145 cm³/mol. The molecule has 1 aliphatic carbocycles. The van der Waals surface area contributed by atoms with E-state index in [9.17, 15) is 35.5 Å². The van der Waals surface area contributed by atoms with Gasteiger partial charge in [0.1, 0.15) is 5.82 Å². The first-order valence-corrected chi connectivity index (χ1v) is 14.1. The highest BCUT2D eigenvalue weighted by Gasteiger charge is 2.41. The van der Waals surface area contributed by atoms with Crippen LogP contribution in [0.3, 0.4) is 0 Å². The molecule has 1 spiro atoms. The molecule has 1 aromatic heterocycles. The van der Waals surface area contributed by atoms with Crippen LogP contribution in [0.5, 0.6) is 0 Å². The summed E-state index contributed by atoms with van der Waals surface area (Å²) in [7, 11) is 0. The van der Waals surface area contributed by atoms with Crippen LogP contribution in [0.4, 0.5) is 30.7 Å². The van der Waals surface area contributed by atoms with Gasteiger partial charge in [-0.05, 0) is 72.0 Å². The number of alkyl halides is 6. The average Bonchev–Trinajstić information content (AvgIpc) is 3.57. The number of pyridine rings is 1. The van der Waals surface area contributed by atoms with Crippen LogP contribution in [0.15, 0.2) is 65.5 Å². The van der Waals surface area contributed by atoms with E-state index in [1.807, 2.05) is 12.1 Å². The molecule has 3 aromatic rings. The summed E-state index contributed by atoms with van der Waals surface area (Å²) in [5.41, 5.74) is -0.805. The summed E-state index contributed by atoms with van der Waals surface area (Å²) in [6.45, 7) is 2.39. The van der Waals surface area contributed by atoms with E-state index in [-0.39, 0.29) is 23.7 Å². The van der Waals surface area contributed by atoms with Crippen LogP contribution in [-0.4, -0.2) is 29.7 Å². The van der Waals surface area contributed by atoms with E-state index in [4.69, 9.17) is 14.2 Å². The summed E-state index contributed by atoms with van der Waals surface area (Å²) in [5, 5.41) is 0. The van der Waals surface area contributed by atoms with Crippen LogP contribution in [-0.2, 0) is 33.1 Å². The Labute approximate surface area is 247 Å². The van der Waals surface area contributed by atoms with Gasteiger partial charge in [-0.3, -0.25) is 4.79 Å². The Morgan fingerprint density at radius 1 is 0.932 bits per heavy atom. The molecule has 3 heterocycles. The van der Waals surface area contributed by atoms with Gasteiger partial charge in [-0.25, -0.2) is 4.39 Å². The maximum atomic E-state index is 13.9. The van der Waals surface area contributed by atoms with E-state index < -0.39 is 53.2 Å². The molecule has 12 heteroatoms. The van der Waals surface area contributed by atoms with Gasteiger partial charge in [0.25, 0.3) is 5.56 Å². The molecule has 1 saturated heterocycles. The topological polar surface area (TPSA) is 49.7 Å². The van der Waals surface area contributed by atoms with Gasteiger partial charge in [-0.1, -0.05) is 18.2 Å². The van der Waals surface area contributed by atoms with Gasteiger partial charge in [0, 0.05) is 24.6 Å². The highest BCUT2D eigenvalue weighted by Crippen LogP contribution is 2.43. The Kier molecular flexibility index (Phi) is 7.74. The van der Waals surface area contributed by atoms with Gasteiger partial charge in [0.05, 0.1) is 49.0 Å². The summed E-state index contributed by atoms with van der Waals surface area (Å²) < 4.78 is 114. The molecule has 3 aliphatic rings. The van der Waals surface area contributed by atoms with Crippen molar-refractivity contribution in [3.05, 3.63) is 110 Å². The molecule has 0 radical (unpaired) electrons. The molecular formula is C32H28F7NO4. The molecule has 1 fully saturated rings. The Balaban J connectivity index is 1.36. The lowest BCUT2D eigenvalue weighted by Gasteiger charge is -2.30. The van der Waals surface area contributed by atoms with Crippen molar-refractivity contribution in [2.45, 2.75) is 69.0 Å². The SMILES string of the molecule is C[C@@H](O[C@H]1Cn2c(cc(C3=CCC4(CC3)OCCO4)cc2=O)[C@@H]1c1ccc(F)cc1)c1cc(C(F)(F)F)cc(C(F)(F)F)c1. The van der Waals surface area contributed by atoms with Crippen LogP contribution < -0.4 is 5.56 Å². The number of allylic oxidation sites excluding steroid dienone is 1. The van der Waals surface area contributed by atoms with Gasteiger partial charge in [-0.15, -0.1) is 0 Å². The number of benzene rings is 2. The van der Waals surface area contributed by atoms with Crippen LogP contribution in [0.1, 0.15) is 71.7 Å². The quantitative estimate of drug-likeness (QED) is 0.275. The highest BCUT2D eigenvalue weighted by atomic mass is 19.4. The van der Waals surface area contributed by atoms with Crippen LogP contribution >= 0.6 is 0 Å². The van der Waals surface area contributed by atoms with Crippen LogP contribution in [0.25, 0.3) is 5.57 Å². The van der Waals surface area contributed by atoms with E-state index >= 15 is 0 Å². The molecule has 44 heavy (non-hydrogen) atoms. The van der Waals surface area contributed by atoms with E-state index in [0.717, 1.165) is 5.57 Å². The number of fused-ring (bicyclic) bond motifs is 1. The zero-order chi connectivity index (χ0) is 31.4. The molecule has 2 aromatic carbocycles. The van der Waals surface area contributed by atoms with Gasteiger partial charge >= 0.3 is 12.4 Å². The number of ether oxygens (including phenoxy) is 3. The lowest BCUT2D eigenvalue weighted by atomic mass is 9.87. The average molecular weight is 624 g/mol. The number of hydrogen-bond donors (Lipinski definition) is 0. The van der Waals surface area contributed by atoms with Crippen molar-refractivity contribution in [1.82, 2.24) is 4.57 Å². The van der Waals surface area contributed by atoms with Crippen LogP contribution in [0.2, 0.25) is 0 Å². The molecule has 0 amide bonds. The fraction of sp³-hybridized carbons (Fsp3) is 0.406. The van der Waals surface area contributed by atoms with Gasteiger partial charge in [0.2, 0.25) is 0 Å². The number of halogens is 7. The molecule has 5 nitrogen and oxygen atoms in total. The van der Waals surface area contributed by atoms with Crippen molar-refractivity contribution >= 4 is 5.57 Å². The molecule has 234 valence electrons. The van der Waals surface area contributed by atoms with Crippen molar-refractivity contribution in [2.75, 3.05) is 13.2 Å². The third kappa shape index (κ3) is 5.94. The normalized spacial score (nSPS) is 22.2. The molecule has 0 bridgehead atoms. The number of hydrogen-bond acceptors (Lipinski definition) is 4. The summed E-state index contributed by atoms with van der Waals surface area (Å²) >= 11 is 0. The smallest absolute Gasteiger partial charge is 0.368 e. The van der Waals surface area contributed by atoms with E-state index in [1.54, 1.807) is 0 Å². The fourth-order valence-electron chi connectivity index (χ4n) is 6.29. The Morgan fingerprint density at radius 2 is 1.57 bits per heavy atom. The molecule has 0 unspecified atom stereocenters. The monoisotopic (exact) mass is 623 g/mol. The number of aromatic nitrogens is 1. The maximum Gasteiger partial charge on any atom is 0.416 e. The van der Waals surface area contributed by atoms with Crippen molar-refractivity contribution in [3.63, 3.8) is 0 Å². The predicted octanol–water partition coefficient (Wildman–Crippen LogP) is 7.63. The summed E-state index contributed by atoms with van der Waals surface area (Å²) in [4.78, 5) is 13.4. The van der Waals surface area contributed by atoms with Crippen molar-refractivity contribution in [1.29, 1.82) is 0 Å². The third-order valence-electron chi connectivity index (χ3n) is 8.52. The molecule has 0 saturated carbocycles. The zero-order valence-electron chi connectivity index (χ0n) is 23.5. The Bertz CT molecular complexity index is 1600. The minimum atomic E-state index is -5.01. The minimum Gasteiger partial charge on any atom is -0.368 e. The molecule has 6 rings (SSSR count). The molecular weight excluding hydrogens is 595 g/mol. The number of rotatable bonds is 5. The molecule has 3 atom stereocenters. The Morgan fingerprint density at radius 3 is 2.14 bits per heavy atom. The summed E-state index contributed by atoms with van der Waals surface area (Å²) in [5.74, 6) is -1.81. The van der Waals surface area contributed by atoms with E-state index in [0.29, 0.717) is 61.4 Å². The first kappa shape index (κ1) is 30.5. The first-order valence-electron chi connectivity index (χ1n) is 14.1. The second-order valence-electron chi connectivity index (χ2n) is 11.3. The summed E-state index contributed by atoms with van der Waals surface area (Å²) in [6.07, 6.45) is -8.39. The highest BCUT2D eigenvalue weighted by molar-refractivity contribution is 5.67. The lowest BCUT2D eigenvalue weighted by molar-refractivity contribution is -0.159. The van der Waals surface area contributed by atoms with Crippen LogP contribution in [0, 0.1) is 5.82 Å². The van der Waals surface area contributed by atoms with E-state index in [1.165, 1.54) is 41.8 Å². The molecule has 0 N–H and O–H groups in total. The Hall–Kier alpha value is -3.48. The third-order valence-corrected chi connectivity index (χ3v) is 8.52. The fourth-order valence-corrected chi connectivity index (χ4v) is 6.29. The number of nitrogens with zero attached hydrogens (tertiary/aromatic N) is 1. The second-order valence-corrected chi connectivity index (χ2v) is 11.3. The van der Waals surface area contributed by atoms with Gasteiger partial charge < -0.3 is 18.8 Å². The molecule has 2 aliphatic heterocycles. The minimum absolute atomic E-state index is 0.00421. The van der Waals surface area contributed by atoms with Crippen molar-refractivity contribution in [2.24, 2.45) is 0 Å². The largest absolute Gasteiger partial charge is 0.416 e. The van der Waals surface area contributed by atoms with Gasteiger partial charge in [-0.2, -0.15) is 26.3 Å². The first-order chi connectivity index (χ1) is 20.7. The zero-order valence-corrected chi connectivity index (χ0v) is 23.5. The summed E-state index contributed by atoms with van der Waals surface area (Å²) in [6, 6.07) is 10.2. The lowest BCUT2D eigenvalue weighted by Crippen LogP contribution is -2.31. The standard InChI is InChI=1S/C32H28F7NO4/c1-18(21-12-23(31(34,35)36)16-24(13-21)32(37,38)39)44-27-17-40-26(29(27)20-2-4-25(33)5-3-20)14-22(15-28(40)41)19-6-8-30(9-7-19)42-10-11-43-30/h2-6,12-16,18,27,29H,7-11,17H2,1H3/t18-,27+,29+/m1/s1. The maximum absolute atomic E-state index is 13.9. The van der Waals surface area contributed by atoms with Crippen molar-refractivity contribution < 1.29 is 44.9 Å². The van der Waals surface area contributed by atoms with E-state index in [2.05, 4.69) is 0 Å². The van der Waals surface area contributed by atoms with Gasteiger partial charge in [0.15, 0.2) is 5.79 Å².